The van der Waals surface area contributed by atoms with Gasteiger partial charge in [-0.15, -0.1) is 0 Å². The zero-order valence-corrected chi connectivity index (χ0v) is 22.3. The number of aromatic nitrogens is 2. The molecule has 0 bridgehead atoms. The molecule has 2 aromatic heterocycles. The van der Waals surface area contributed by atoms with Gasteiger partial charge in [-0.05, 0) is 71.3 Å². The van der Waals surface area contributed by atoms with Gasteiger partial charge in [0.15, 0.2) is 11.2 Å². The molecule has 0 amide bonds. The predicted octanol–water partition coefficient (Wildman–Crippen LogP) is 9.46. The first kappa shape index (κ1) is 24.3. The lowest BCUT2D eigenvalue weighted by Gasteiger charge is -2.25. The van der Waals surface area contributed by atoms with Gasteiger partial charge >= 0.3 is 0 Å². The lowest BCUT2D eigenvalue weighted by Crippen LogP contribution is -2.16. The molecule has 0 spiro atoms. The Hall–Kier alpha value is -3.40. The SMILES string of the molecule is CCCC(C)(C)c1cccc(-c2nc3ccc(-c4ccc5nc(C(C)(C)CCC)oc5c4)cc3o2)c1. The fraction of sp³-hybridized carbons (Fsp3) is 0.375. The normalized spacial score (nSPS) is 12.6. The van der Waals surface area contributed by atoms with Crippen molar-refractivity contribution < 1.29 is 8.83 Å². The van der Waals surface area contributed by atoms with E-state index in [-0.39, 0.29) is 10.8 Å². The zero-order chi connectivity index (χ0) is 25.5. The van der Waals surface area contributed by atoms with E-state index in [0.29, 0.717) is 5.89 Å². The molecule has 5 rings (SSSR count). The number of hydrogen-bond donors (Lipinski definition) is 0. The van der Waals surface area contributed by atoms with Crippen LogP contribution in [0.4, 0.5) is 0 Å². The standard InChI is InChI=1S/C32H36N2O2/c1-7-16-31(3,4)24-11-9-10-23(18-24)29-33-25-14-12-21(19-27(25)35-29)22-13-15-26-28(20-22)36-30(34-26)32(5,6)17-8-2/h9-15,18-20H,7-8,16-17H2,1-6H3. The third-order valence-electron chi connectivity index (χ3n) is 7.33. The van der Waals surface area contributed by atoms with E-state index in [0.717, 1.165) is 70.5 Å². The molecular formula is C32H36N2O2. The van der Waals surface area contributed by atoms with Gasteiger partial charge in [0.1, 0.15) is 11.0 Å². The topological polar surface area (TPSA) is 52.1 Å². The van der Waals surface area contributed by atoms with Crippen LogP contribution in [-0.2, 0) is 10.8 Å². The second-order valence-corrected chi connectivity index (χ2v) is 11.3. The maximum Gasteiger partial charge on any atom is 0.227 e. The molecule has 0 radical (unpaired) electrons. The van der Waals surface area contributed by atoms with Crippen LogP contribution in [0.3, 0.4) is 0 Å². The molecule has 0 aliphatic carbocycles. The fourth-order valence-corrected chi connectivity index (χ4v) is 5.20. The van der Waals surface area contributed by atoms with Crippen LogP contribution in [0.25, 0.3) is 44.8 Å². The summed E-state index contributed by atoms with van der Waals surface area (Å²) in [6, 6.07) is 21.0. The first-order valence-corrected chi connectivity index (χ1v) is 13.1. The average molecular weight is 481 g/mol. The molecule has 0 N–H and O–H groups in total. The van der Waals surface area contributed by atoms with Crippen LogP contribution in [0.5, 0.6) is 0 Å². The Morgan fingerprint density at radius 2 is 1.25 bits per heavy atom. The Bertz CT molecular complexity index is 1520. The van der Waals surface area contributed by atoms with Crippen molar-refractivity contribution >= 4 is 22.2 Å². The van der Waals surface area contributed by atoms with Crippen LogP contribution in [0.1, 0.15) is 78.7 Å². The van der Waals surface area contributed by atoms with E-state index < -0.39 is 0 Å². The molecular weight excluding hydrogens is 444 g/mol. The van der Waals surface area contributed by atoms with Gasteiger partial charge in [0.25, 0.3) is 0 Å². The van der Waals surface area contributed by atoms with Gasteiger partial charge in [-0.25, -0.2) is 9.97 Å². The highest BCUT2D eigenvalue weighted by atomic mass is 16.4. The van der Waals surface area contributed by atoms with Gasteiger partial charge < -0.3 is 8.83 Å². The molecule has 4 nitrogen and oxygen atoms in total. The number of rotatable bonds is 8. The second kappa shape index (κ2) is 9.24. The number of nitrogens with zero attached hydrogens (tertiary/aromatic N) is 2. The quantitative estimate of drug-likeness (QED) is 0.222. The highest BCUT2D eigenvalue weighted by Crippen LogP contribution is 2.35. The summed E-state index contributed by atoms with van der Waals surface area (Å²) in [5.41, 5.74) is 7.85. The maximum absolute atomic E-state index is 6.26. The van der Waals surface area contributed by atoms with Crippen molar-refractivity contribution in [3.63, 3.8) is 0 Å². The summed E-state index contributed by atoms with van der Waals surface area (Å²) in [5.74, 6) is 1.46. The van der Waals surface area contributed by atoms with E-state index in [9.17, 15) is 0 Å². The molecule has 0 aliphatic heterocycles. The summed E-state index contributed by atoms with van der Waals surface area (Å²) in [4.78, 5) is 9.55. The summed E-state index contributed by atoms with van der Waals surface area (Å²) in [6.45, 7) is 13.4. The molecule has 0 aliphatic rings. The van der Waals surface area contributed by atoms with Crippen LogP contribution >= 0.6 is 0 Å². The van der Waals surface area contributed by atoms with Gasteiger partial charge in [-0.1, -0.05) is 78.6 Å². The number of benzene rings is 3. The van der Waals surface area contributed by atoms with E-state index in [1.807, 2.05) is 12.1 Å². The first-order valence-electron chi connectivity index (χ1n) is 13.1. The summed E-state index contributed by atoms with van der Waals surface area (Å²) in [7, 11) is 0. The van der Waals surface area contributed by atoms with Crippen LogP contribution in [0.2, 0.25) is 0 Å². The Kier molecular flexibility index (Phi) is 6.23. The smallest absolute Gasteiger partial charge is 0.227 e. The molecule has 186 valence electrons. The van der Waals surface area contributed by atoms with Crippen LogP contribution in [0, 0.1) is 0 Å². The van der Waals surface area contributed by atoms with E-state index in [1.165, 1.54) is 5.56 Å². The minimum Gasteiger partial charge on any atom is -0.440 e. The van der Waals surface area contributed by atoms with Crippen molar-refractivity contribution in [3.05, 3.63) is 72.1 Å². The molecule has 0 unspecified atom stereocenters. The molecule has 5 aromatic rings. The van der Waals surface area contributed by atoms with Gasteiger partial charge in [-0.3, -0.25) is 0 Å². The highest BCUT2D eigenvalue weighted by molar-refractivity contribution is 5.85. The molecule has 0 saturated heterocycles. The van der Waals surface area contributed by atoms with Gasteiger partial charge in [-0.2, -0.15) is 0 Å². The molecule has 0 fully saturated rings. The summed E-state index contributed by atoms with van der Waals surface area (Å²) in [6.07, 6.45) is 4.42. The minimum absolute atomic E-state index is 0.0772. The van der Waals surface area contributed by atoms with E-state index in [4.69, 9.17) is 18.8 Å². The Morgan fingerprint density at radius 1 is 0.639 bits per heavy atom. The molecule has 3 aromatic carbocycles. The second-order valence-electron chi connectivity index (χ2n) is 11.3. The number of oxazole rings is 2. The van der Waals surface area contributed by atoms with Crippen LogP contribution in [0.15, 0.2) is 69.5 Å². The van der Waals surface area contributed by atoms with Gasteiger partial charge in [0.2, 0.25) is 11.8 Å². The van der Waals surface area contributed by atoms with Crippen LogP contribution in [-0.4, -0.2) is 9.97 Å². The summed E-state index contributed by atoms with van der Waals surface area (Å²) >= 11 is 0. The average Bonchev–Trinajstić information content (AvgIpc) is 3.48. The first-order chi connectivity index (χ1) is 17.2. The van der Waals surface area contributed by atoms with Crippen molar-refractivity contribution in [2.45, 2.75) is 78.1 Å². The summed E-state index contributed by atoms with van der Waals surface area (Å²) in [5, 5.41) is 0. The Balaban J connectivity index is 1.48. The van der Waals surface area contributed by atoms with E-state index in [2.05, 4.69) is 90.1 Å². The number of hydrogen-bond acceptors (Lipinski definition) is 4. The number of fused-ring (bicyclic) bond motifs is 2. The fourth-order valence-electron chi connectivity index (χ4n) is 5.20. The zero-order valence-electron chi connectivity index (χ0n) is 22.3. The predicted molar refractivity (Wildman–Crippen MR) is 148 cm³/mol. The van der Waals surface area contributed by atoms with Gasteiger partial charge in [0.05, 0.1) is 0 Å². The van der Waals surface area contributed by atoms with Crippen molar-refractivity contribution in [1.82, 2.24) is 9.97 Å². The van der Waals surface area contributed by atoms with Crippen molar-refractivity contribution in [1.29, 1.82) is 0 Å². The monoisotopic (exact) mass is 480 g/mol. The maximum atomic E-state index is 6.26. The lowest BCUT2D eigenvalue weighted by molar-refractivity contribution is 0.359. The Labute approximate surface area is 213 Å². The third kappa shape index (κ3) is 4.57. The van der Waals surface area contributed by atoms with E-state index in [1.54, 1.807) is 0 Å². The largest absolute Gasteiger partial charge is 0.440 e. The Morgan fingerprint density at radius 3 is 1.92 bits per heavy atom. The highest BCUT2D eigenvalue weighted by Gasteiger charge is 2.26. The van der Waals surface area contributed by atoms with Crippen molar-refractivity contribution in [2.24, 2.45) is 0 Å². The summed E-state index contributed by atoms with van der Waals surface area (Å²) < 4.78 is 12.5. The molecule has 0 atom stereocenters. The lowest BCUT2D eigenvalue weighted by atomic mass is 9.80. The van der Waals surface area contributed by atoms with E-state index >= 15 is 0 Å². The van der Waals surface area contributed by atoms with Crippen molar-refractivity contribution in [2.75, 3.05) is 0 Å². The van der Waals surface area contributed by atoms with Gasteiger partial charge in [0, 0.05) is 11.0 Å². The molecule has 4 heteroatoms. The van der Waals surface area contributed by atoms with Crippen molar-refractivity contribution in [3.8, 4) is 22.6 Å². The molecule has 0 saturated carbocycles. The minimum atomic E-state index is -0.0772. The third-order valence-corrected chi connectivity index (χ3v) is 7.33. The molecule has 36 heavy (non-hydrogen) atoms. The molecule has 2 heterocycles. The van der Waals surface area contributed by atoms with Crippen LogP contribution < -0.4 is 0 Å².